The second-order valence-corrected chi connectivity index (χ2v) is 5.93. The fourth-order valence-corrected chi connectivity index (χ4v) is 2.50. The summed E-state index contributed by atoms with van der Waals surface area (Å²) in [6.07, 6.45) is 1.74. The lowest BCUT2D eigenvalue weighted by Gasteiger charge is -2.14. The smallest absolute Gasteiger partial charge is 0.220 e. The average Bonchev–Trinajstić information content (AvgIpc) is 2.60. The summed E-state index contributed by atoms with van der Waals surface area (Å²) in [7, 11) is 1.64. The zero-order chi connectivity index (χ0) is 18.1. The third kappa shape index (κ3) is 6.83. The Morgan fingerprint density at radius 3 is 2.64 bits per heavy atom. The first-order valence-electron chi connectivity index (χ1n) is 8.37. The van der Waals surface area contributed by atoms with Crippen LogP contribution in [-0.2, 0) is 11.2 Å². The predicted octanol–water partition coefficient (Wildman–Crippen LogP) is 3.74. The maximum atomic E-state index is 12.8. The lowest BCUT2D eigenvalue weighted by molar-refractivity contribution is -0.121. The number of halogens is 1. The summed E-state index contributed by atoms with van der Waals surface area (Å²) in [4.78, 5) is 12.0. The molecule has 4 nitrogen and oxygen atoms in total. The molecule has 134 valence electrons. The Hall–Kier alpha value is -2.56. The SMILES string of the molecule is COc1cccc(CC(C)NC(=O)CCCOc2ccc(F)cc2)c1. The van der Waals surface area contributed by atoms with Crippen LogP contribution in [0, 0.1) is 5.82 Å². The number of amides is 1. The Morgan fingerprint density at radius 2 is 1.92 bits per heavy atom. The normalized spacial score (nSPS) is 11.6. The van der Waals surface area contributed by atoms with E-state index < -0.39 is 0 Å². The van der Waals surface area contributed by atoms with Gasteiger partial charge in [-0.3, -0.25) is 4.79 Å². The van der Waals surface area contributed by atoms with Crippen LogP contribution in [0.4, 0.5) is 4.39 Å². The van der Waals surface area contributed by atoms with Gasteiger partial charge in [-0.15, -0.1) is 0 Å². The molecule has 2 aromatic rings. The average molecular weight is 345 g/mol. The lowest BCUT2D eigenvalue weighted by Crippen LogP contribution is -2.34. The van der Waals surface area contributed by atoms with E-state index in [-0.39, 0.29) is 17.8 Å². The lowest BCUT2D eigenvalue weighted by atomic mass is 10.1. The highest BCUT2D eigenvalue weighted by atomic mass is 19.1. The number of rotatable bonds is 9. The van der Waals surface area contributed by atoms with Gasteiger partial charge in [0.1, 0.15) is 17.3 Å². The predicted molar refractivity (Wildman–Crippen MR) is 95.4 cm³/mol. The van der Waals surface area contributed by atoms with Gasteiger partial charge in [-0.1, -0.05) is 12.1 Å². The van der Waals surface area contributed by atoms with Gasteiger partial charge in [0.25, 0.3) is 0 Å². The van der Waals surface area contributed by atoms with Crippen molar-refractivity contribution >= 4 is 5.91 Å². The molecule has 2 aromatic carbocycles. The second-order valence-electron chi connectivity index (χ2n) is 5.93. The molecule has 0 aromatic heterocycles. The van der Waals surface area contributed by atoms with Crippen LogP contribution in [0.3, 0.4) is 0 Å². The van der Waals surface area contributed by atoms with Crippen LogP contribution in [0.1, 0.15) is 25.3 Å². The fourth-order valence-electron chi connectivity index (χ4n) is 2.50. The number of hydrogen-bond donors (Lipinski definition) is 1. The Kier molecular flexibility index (Phi) is 7.26. The van der Waals surface area contributed by atoms with E-state index in [4.69, 9.17) is 9.47 Å². The molecule has 0 aliphatic carbocycles. The molecule has 0 aliphatic rings. The molecule has 5 heteroatoms. The van der Waals surface area contributed by atoms with Crippen LogP contribution in [-0.4, -0.2) is 25.7 Å². The van der Waals surface area contributed by atoms with E-state index in [1.165, 1.54) is 12.1 Å². The maximum Gasteiger partial charge on any atom is 0.220 e. The molecule has 1 atom stereocenters. The third-order valence-corrected chi connectivity index (χ3v) is 3.71. The minimum Gasteiger partial charge on any atom is -0.497 e. The number of methoxy groups -OCH3 is 1. The van der Waals surface area contributed by atoms with E-state index in [2.05, 4.69) is 5.32 Å². The number of benzene rings is 2. The van der Waals surface area contributed by atoms with Gasteiger partial charge in [0.15, 0.2) is 0 Å². The summed E-state index contributed by atoms with van der Waals surface area (Å²) in [6.45, 7) is 2.40. The van der Waals surface area contributed by atoms with E-state index in [0.717, 1.165) is 17.7 Å². The molecule has 1 N–H and O–H groups in total. The zero-order valence-corrected chi connectivity index (χ0v) is 14.6. The molecule has 2 rings (SSSR count). The first-order chi connectivity index (χ1) is 12.1. The Balaban J connectivity index is 1.66. The van der Waals surface area contributed by atoms with E-state index in [1.54, 1.807) is 19.2 Å². The van der Waals surface area contributed by atoms with Crippen molar-refractivity contribution in [3.8, 4) is 11.5 Å². The minimum atomic E-state index is -0.295. The third-order valence-electron chi connectivity index (χ3n) is 3.71. The van der Waals surface area contributed by atoms with Crippen molar-refractivity contribution in [1.29, 1.82) is 0 Å². The van der Waals surface area contributed by atoms with E-state index >= 15 is 0 Å². The number of carbonyl (C=O) groups is 1. The summed E-state index contributed by atoms with van der Waals surface area (Å²) in [5.41, 5.74) is 1.12. The van der Waals surface area contributed by atoms with Crippen molar-refractivity contribution in [1.82, 2.24) is 5.32 Å². The molecule has 0 fully saturated rings. The molecule has 0 spiro atoms. The zero-order valence-electron chi connectivity index (χ0n) is 14.6. The number of nitrogens with one attached hydrogen (secondary N) is 1. The minimum absolute atomic E-state index is 0.00176. The molecule has 1 unspecified atom stereocenters. The first-order valence-corrected chi connectivity index (χ1v) is 8.37. The first kappa shape index (κ1) is 18.8. The van der Waals surface area contributed by atoms with Crippen molar-refractivity contribution in [2.45, 2.75) is 32.2 Å². The van der Waals surface area contributed by atoms with Gasteiger partial charge in [-0.05, 0) is 61.7 Å². The van der Waals surface area contributed by atoms with Gasteiger partial charge in [0, 0.05) is 12.5 Å². The van der Waals surface area contributed by atoms with Gasteiger partial charge in [0.05, 0.1) is 13.7 Å². The number of ether oxygens (including phenoxy) is 2. The van der Waals surface area contributed by atoms with Crippen LogP contribution < -0.4 is 14.8 Å². The second kappa shape index (κ2) is 9.67. The fraction of sp³-hybridized carbons (Fsp3) is 0.350. The Morgan fingerprint density at radius 1 is 1.16 bits per heavy atom. The van der Waals surface area contributed by atoms with Crippen LogP contribution in [0.2, 0.25) is 0 Å². The Bertz CT molecular complexity index is 673. The largest absolute Gasteiger partial charge is 0.497 e. The molecule has 0 radical (unpaired) electrons. The number of carbonyl (C=O) groups excluding carboxylic acids is 1. The highest BCUT2D eigenvalue weighted by molar-refractivity contribution is 5.76. The molecule has 0 bridgehead atoms. The quantitative estimate of drug-likeness (QED) is 0.704. The topological polar surface area (TPSA) is 47.6 Å². The molecule has 0 aliphatic heterocycles. The van der Waals surface area contributed by atoms with Crippen LogP contribution in [0.15, 0.2) is 48.5 Å². The molecule has 0 heterocycles. The summed E-state index contributed by atoms with van der Waals surface area (Å²) < 4.78 is 23.5. The molecule has 25 heavy (non-hydrogen) atoms. The van der Waals surface area contributed by atoms with Crippen LogP contribution in [0.5, 0.6) is 11.5 Å². The molecular weight excluding hydrogens is 321 g/mol. The van der Waals surface area contributed by atoms with Crippen LogP contribution >= 0.6 is 0 Å². The van der Waals surface area contributed by atoms with Crippen molar-refractivity contribution < 1.29 is 18.7 Å². The van der Waals surface area contributed by atoms with E-state index in [9.17, 15) is 9.18 Å². The highest BCUT2D eigenvalue weighted by Crippen LogP contribution is 2.14. The maximum absolute atomic E-state index is 12.8. The Labute approximate surface area is 148 Å². The van der Waals surface area contributed by atoms with E-state index in [1.807, 2.05) is 31.2 Å². The van der Waals surface area contributed by atoms with E-state index in [0.29, 0.717) is 25.2 Å². The summed E-state index contributed by atoms with van der Waals surface area (Å²) >= 11 is 0. The number of hydrogen-bond acceptors (Lipinski definition) is 3. The van der Waals surface area contributed by atoms with Crippen molar-refractivity contribution in [2.75, 3.05) is 13.7 Å². The summed E-state index contributed by atoms with van der Waals surface area (Å²) in [5.74, 6) is 1.12. The monoisotopic (exact) mass is 345 g/mol. The summed E-state index contributed by atoms with van der Waals surface area (Å²) in [6, 6.07) is 13.7. The van der Waals surface area contributed by atoms with Crippen molar-refractivity contribution in [3.05, 3.63) is 59.9 Å². The molecule has 0 saturated carbocycles. The van der Waals surface area contributed by atoms with Crippen LogP contribution in [0.25, 0.3) is 0 Å². The van der Waals surface area contributed by atoms with Crippen molar-refractivity contribution in [2.24, 2.45) is 0 Å². The highest BCUT2D eigenvalue weighted by Gasteiger charge is 2.09. The van der Waals surface area contributed by atoms with Crippen molar-refractivity contribution in [3.63, 3.8) is 0 Å². The van der Waals surface area contributed by atoms with Gasteiger partial charge >= 0.3 is 0 Å². The standard InChI is InChI=1S/C20H24FNO3/c1-15(13-16-5-3-6-19(14-16)24-2)22-20(23)7-4-12-25-18-10-8-17(21)9-11-18/h3,5-6,8-11,14-15H,4,7,12-13H2,1-2H3,(H,22,23). The molecular formula is C20H24FNO3. The molecule has 1 amide bonds. The molecule has 0 saturated heterocycles. The van der Waals surface area contributed by atoms with Gasteiger partial charge < -0.3 is 14.8 Å². The van der Waals surface area contributed by atoms with Gasteiger partial charge in [0.2, 0.25) is 5.91 Å². The van der Waals surface area contributed by atoms with Gasteiger partial charge in [-0.25, -0.2) is 4.39 Å². The van der Waals surface area contributed by atoms with Gasteiger partial charge in [-0.2, -0.15) is 0 Å². The summed E-state index contributed by atoms with van der Waals surface area (Å²) in [5, 5.41) is 2.99.